The molecule has 0 aromatic carbocycles. The third-order valence-electron chi connectivity index (χ3n) is 7.25. The number of ketones is 2. The molecule has 22 heavy (non-hydrogen) atoms. The fourth-order valence-electron chi connectivity index (χ4n) is 5.94. The normalized spacial score (nSPS) is 46.9. The number of rotatable bonds is 0. The van der Waals surface area contributed by atoms with Gasteiger partial charge in [-0.25, -0.2) is 0 Å². The first-order valence-electron chi connectivity index (χ1n) is 8.53. The van der Waals surface area contributed by atoms with E-state index in [1.54, 1.807) is 6.08 Å². The van der Waals surface area contributed by atoms with E-state index in [1.807, 2.05) is 6.08 Å². The van der Waals surface area contributed by atoms with Gasteiger partial charge in [0.1, 0.15) is 0 Å². The Morgan fingerprint density at radius 2 is 1.95 bits per heavy atom. The Morgan fingerprint density at radius 1 is 1.18 bits per heavy atom. The Balaban J connectivity index is 1.74. The van der Waals surface area contributed by atoms with E-state index in [-0.39, 0.29) is 16.6 Å². The quantitative estimate of drug-likeness (QED) is 0.632. The number of carbonyl (C=O) groups excluding carboxylic acids is 2. The van der Waals surface area contributed by atoms with Gasteiger partial charge in [-0.3, -0.25) is 9.59 Å². The van der Waals surface area contributed by atoms with E-state index >= 15 is 0 Å². The van der Waals surface area contributed by atoms with Crippen molar-refractivity contribution < 1.29 is 9.59 Å². The Bertz CT molecular complexity index is 653. The number of Topliss-reactive ketones (excluding diaryl/α,β-unsaturated/α-hetero) is 1. The van der Waals surface area contributed by atoms with Crippen LogP contribution in [-0.4, -0.2) is 11.6 Å². The van der Waals surface area contributed by atoms with Gasteiger partial charge in [0.2, 0.25) is 0 Å². The number of carbonyl (C=O) groups is 2. The minimum atomic E-state index is -0.177. The molecule has 0 N–H and O–H groups in total. The zero-order valence-electron chi connectivity index (χ0n) is 13.5. The van der Waals surface area contributed by atoms with Crippen LogP contribution in [-0.2, 0) is 9.59 Å². The summed E-state index contributed by atoms with van der Waals surface area (Å²) in [5, 5.41) is 0. The van der Waals surface area contributed by atoms with Crippen LogP contribution in [0.15, 0.2) is 36.0 Å². The first-order valence-corrected chi connectivity index (χ1v) is 8.53. The van der Waals surface area contributed by atoms with Crippen LogP contribution in [0.3, 0.4) is 0 Å². The molecule has 3 saturated carbocycles. The van der Waals surface area contributed by atoms with Crippen molar-refractivity contribution in [2.75, 3.05) is 0 Å². The lowest BCUT2D eigenvalue weighted by molar-refractivity contribution is -0.129. The van der Waals surface area contributed by atoms with E-state index in [4.69, 9.17) is 0 Å². The molecule has 0 radical (unpaired) electrons. The zero-order valence-corrected chi connectivity index (χ0v) is 13.5. The molecule has 0 spiro atoms. The van der Waals surface area contributed by atoms with Crippen LogP contribution < -0.4 is 0 Å². The van der Waals surface area contributed by atoms with E-state index in [0.29, 0.717) is 23.5 Å². The topological polar surface area (TPSA) is 34.1 Å². The Hall–Kier alpha value is -1.44. The number of allylic oxidation sites excluding steroid dienone is 5. The molecule has 0 aromatic rings. The highest BCUT2D eigenvalue weighted by molar-refractivity contribution is 6.02. The molecule has 0 aromatic heterocycles. The van der Waals surface area contributed by atoms with E-state index in [9.17, 15) is 9.59 Å². The van der Waals surface area contributed by atoms with Crippen molar-refractivity contribution in [2.45, 2.75) is 46.0 Å². The molecule has 5 atom stereocenters. The first kappa shape index (κ1) is 14.2. The Morgan fingerprint density at radius 3 is 2.73 bits per heavy atom. The molecule has 0 heterocycles. The average molecular weight is 296 g/mol. The summed E-state index contributed by atoms with van der Waals surface area (Å²) >= 11 is 0. The van der Waals surface area contributed by atoms with Crippen molar-refractivity contribution >= 4 is 11.6 Å². The average Bonchev–Trinajstić information content (AvgIpc) is 2.72. The van der Waals surface area contributed by atoms with E-state index in [0.717, 1.165) is 37.7 Å². The third kappa shape index (κ3) is 1.61. The summed E-state index contributed by atoms with van der Waals surface area (Å²) in [7, 11) is 0. The second kappa shape index (κ2) is 4.31. The smallest absolute Gasteiger partial charge is 0.178 e. The molecule has 2 nitrogen and oxygen atoms in total. The predicted octanol–water partition coefficient (Wildman–Crippen LogP) is 4.03. The number of hydrogen-bond acceptors (Lipinski definition) is 2. The predicted molar refractivity (Wildman–Crippen MR) is 86.1 cm³/mol. The fraction of sp³-hybridized carbons (Fsp3) is 0.600. The van der Waals surface area contributed by atoms with Gasteiger partial charge in [-0.15, -0.1) is 0 Å². The van der Waals surface area contributed by atoms with Gasteiger partial charge in [-0.05, 0) is 67.6 Å². The molecule has 0 aliphatic heterocycles. The van der Waals surface area contributed by atoms with Crippen molar-refractivity contribution in [2.24, 2.45) is 28.6 Å². The lowest BCUT2D eigenvalue weighted by Crippen LogP contribution is -2.49. The van der Waals surface area contributed by atoms with Crippen molar-refractivity contribution in [1.82, 2.24) is 0 Å². The fourth-order valence-corrected chi connectivity index (χ4v) is 5.94. The van der Waals surface area contributed by atoms with Crippen LogP contribution in [0.2, 0.25) is 0 Å². The Labute approximate surface area is 132 Å². The summed E-state index contributed by atoms with van der Waals surface area (Å²) in [6.07, 6.45) is 10.8. The highest BCUT2D eigenvalue weighted by Crippen LogP contribution is 2.64. The molecule has 0 saturated heterocycles. The standard InChI is InChI=1S/C20H24O2/c1-12-10-17-15-5-4-13-11-14(21)6-8-19(13,2)16(15)7-9-20(17,3)18(12)22/h6,8,11,15-17H,1,4-5,7,9-10H2,2-3H3/t15-,16+,17+,19+,20+/m1/s1. The highest BCUT2D eigenvalue weighted by Gasteiger charge is 2.59. The molecule has 116 valence electrons. The van der Waals surface area contributed by atoms with E-state index < -0.39 is 0 Å². The van der Waals surface area contributed by atoms with Gasteiger partial charge in [0, 0.05) is 10.8 Å². The highest BCUT2D eigenvalue weighted by atomic mass is 16.1. The van der Waals surface area contributed by atoms with Crippen LogP contribution in [0.4, 0.5) is 0 Å². The second-order valence-corrected chi connectivity index (χ2v) is 8.20. The van der Waals surface area contributed by atoms with Crippen LogP contribution in [0.1, 0.15) is 46.0 Å². The molecule has 3 fully saturated rings. The second-order valence-electron chi connectivity index (χ2n) is 8.20. The summed E-state index contributed by atoms with van der Waals surface area (Å²) in [6, 6.07) is 0. The molecular formula is C20H24O2. The minimum Gasteiger partial charge on any atom is -0.294 e. The van der Waals surface area contributed by atoms with Gasteiger partial charge in [-0.2, -0.15) is 0 Å². The van der Waals surface area contributed by atoms with E-state index in [2.05, 4.69) is 26.5 Å². The maximum atomic E-state index is 12.6. The van der Waals surface area contributed by atoms with Gasteiger partial charge < -0.3 is 0 Å². The molecule has 4 aliphatic carbocycles. The van der Waals surface area contributed by atoms with Gasteiger partial charge in [0.25, 0.3) is 0 Å². The maximum Gasteiger partial charge on any atom is 0.178 e. The third-order valence-corrected chi connectivity index (χ3v) is 7.25. The first-order chi connectivity index (χ1) is 10.4. The summed E-state index contributed by atoms with van der Waals surface area (Å²) < 4.78 is 0. The van der Waals surface area contributed by atoms with Crippen LogP contribution in [0, 0.1) is 28.6 Å². The number of fused-ring (bicyclic) bond motifs is 5. The van der Waals surface area contributed by atoms with Crippen LogP contribution in [0.25, 0.3) is 0 Å². The summed E-state index contributed by atoms with van der Waals surface area (Å²) in [5.41, 5.74) is 2.00. The monoisotopic (exact) mass is 296 g/mol. The van der Waals surface area contributed by atoms with Gasteiger partial charge in [0.05, 0.1) is 0 Å². The minimum absolute atomic E-state index is 0.0190. The molecule has 0 bridgehead atoms. The molecule has 2 heteroatoms. The maximum absolute atomic E-state index is 12.6. The molecule has 0 amide bonds. The molecule has 0 unspecified atom stereocenters. The van der Waals surface area contributed by atoms with Crippen molar-refractivity contribution in [3.05, 3.63) is 36.0 Å². The largest absolute Gasteiger partial charge is 0.294 e. The van der Waals surface area contributed by atoms with Crippen molar-refractivity contribution in [3.8, 4) is 0 Å². The molecule has 4 aliphatic rings. The van der Waals surface area contributed by atoms with Gasteiger partial charge in [0.15, 0.2) is 11.6 Å². The summed E-state index contributed by atoms with van der Waals surface area (Å²) in [6.45, 7) is 8.50. The van der Waals surface area contributed by atoms with Gasteiger partial charge in [-0.1, -0.05) is 32.1 Å². The Kier molecular flexibility index (Phi) is 2.77. The lowest BCUT2D eigenvalue weighted by Gasteiger charge is -2.55. The van der Waals surface area contributed by atoms with Gasteiger partial charge >= 0.3 is 0 Å². The number of hydrogen-bond donors (Lipinski definition) is 0. The SMILES string of the molecule is C=C1C[C@H]2[C@@H]3CCC4=CC(=O)C=C[C@]4(C)[C@H]3CC[C@]2(C)C1=O. The lowest BCUT2D eigenvalue weighted by atomic mass is 9.48. The van der Waals surface area contributed by atoms with Crippen LogP contribution in [0.5, 0.6) is 0 Å². The molecule has 4 rings (SSSR count). The van der Waals surface area contributed by atoms with Crippen LogP contribution >= 0.6 is 0 Å². The van der Waals surface area contributed by atoms with Crippen molar-refractivity contribution in [1.29, 1.82) is 0 Å². The summed E-state index contributed by atoms with van der Waals surface area (Å²) in [5.74, 6) is 2.05. The molecular weight excluding hydrogens is 272 g/mol. The van der Waals surface area contributed by atoms with E-state index in [1.165, 1.54) is 5.57 Å². The summed E-state index contributed by atoms with van der Waals surface area (Å²) in [4.78, 5) is 24.3. The van der Waals surface area contributed by atoms with Crippen molar-refractivity contribution in [3.63, 3.8) is 0 Å². The zero-order chi connectivity index (χ0) is 15.7.